The molecule has 1 amide bonds. The Hall–Kier alpha value is -2.34. The molecule has 6 nitrogen and oxygen atoms in total. The molecule has 2 aliphatic heterocycles. The van der Waals surface area contributed by atoms with Crippen LogP contribution in [0.15, 0.2) is 22.7 Å². The van der Waals surface area contributed by atoms with E-state index in [-0.39, 0.29) is 5.91 Å². The number of piperazine rings is 1. The van der Waals surface area contributed by atoms with E-state index in [0.29, 0.717) is 17.0 Å². The van der Waals surface area contributed by atoms with Gasteiger partial charge < -0.3 is 14.2 Å². The van der Waals surface area contributed by atoms with Crippen molar-refractivity contribution in [1.29, 1.82) is 0 Å². The zero-order chi connectivity index (χ0) is 17.4. The second kappa shape index (κ2) is 6.52. The highest BCUT2D eigenvalue weighted by Crippen LogP contribution is 2.26. The maximum absolute atomic E-state index is 12.7. The largest absolute Gasteiger partial charge is 0.493 e. The number of fused-ring (bicyclic) bond motifs is 1. The Labute approximate surface area is 147 Å². The van der Waals surface area contributed by atoms with E-state index in [1.807, 2.05) is 11.8 Å². The van der Waals surface area contributed by atoms with Crippen LogP contribution in [0.25, 0.3) is 0 Å². The van der Waals surface area contributed by atoms with E-state index in [0.717, 1.165) is 51.5 Å². The summed E-state index contributed by atoms with van der Waals surface area (Å²) in [5, 5.41) is 3.89. The van der Waals surface area contributed by atoms with Gasteiger partial charge in [-0.1, -0.05) is 17.3 Å². The van der Waals surface area contributed by atoms with Crippen LogP contribution in [0.2, 0.25) is 0 Å². The van der Waals surface area contributed by atoms with Crippen molar-refractivity contribution in [1.82, 2.24) is 15.0 Å². The lowest BCUT2D eigenvalue weighted by Gasteiger charge is -2.34. The normalized spacial score (nSPS) is 17.4. The number of hydrogen-bond acceptors (Lipinski definition) is 5. The molecule has 2 aromatic rings. The summed E-state index contributed by atoms with van der Waals surface area (Å²) in [6, 6.07) is 6.48. The van der Waals surface area contributed by atoms with Crippen LogP contribution in [0.5, 0.6) is 5.75 Å². The van der Waals surface area contributed by atoms with Crippen LogP contribution in [0.1, 0.15) is 32.9 Å². The van der Waals surface area contributed by atoms with Crippen molar-refractivity contribution < 1.29 is 14.1 Å². The van der Waals surface area contributed by atoms with Crippen molar-refractivity contribution in [2.24, 2.45) is 0 Å². The van der Waals surface area contributed by atoms with E-state index in [4.69, 9.17) is 9.26 Å². The number of carbonyl (C=O) groups is 1. The van der Waals surface area contributed by atoms with Gasteiger partial charge in [-0.2, -0.15) is 0 Å². The van der Waals surface area contributed by atoms with Crippen molar-refractivity contribution >= 4 is 5.91 Å². The zero-order valence-corrected chi connectivity index (χ0v) is 14.7. The summed E-state index contributed by atoms with van der Waals surface area (Å²) in [5.41, 5.74) is 3.91. The smallest absolute Gasteiger partial charge is 0.259 e. The summed E-state index contributed by atoms with van der Waals surface area (Å²) < 4.78 is 10.7. The van der Waals surface area contributed by atoms with Gasteiger partial charge in [0.15, 0.2) is 0 Å². The minimum absolute atomic E-state index is 0.0329. The quantitative estimate of drug-likeness (QED) is 0.856. The molecule has 3 heterocycles. The fraction of sp³-hybridized carbons (Fsp3) is 0.474. The predicted molar refractivity (Wildman–Crippen MR) is 92.8 cm³/mol. The van der Waals surface area contributed by atoms with E-state index in [2.05, 4.69) is 28.3 Å². The fourth-order valence-electron chi connectivity index (χ4n) is 3.65. The number of rotatable bonds is 3. The van der Waals surface area contributed by atoms with E-state index in [1.165, 1.54) is 11.1 Å². The third-order valence-corrected chi connectivity index (χ3v) is 5.07. The van der Waals surface area contributed by atoms with Gasteiger partial charge in [0, 0.05) is 39.1 Å². The van der Waals surface area contributed by atoms with Crippen molar-refractivity contribution in [3.8, 4) is 5.75 Å². The van der Waals surface area contributed by atoms with E-state index in [1.54, 1.807) is 6.92 Å². The number of ether oxygens (including phenoxy) is 1. The van der Waals surface area contributed by atoms with Crippen LogP contribution in [-0.2, 0) is 13.0 Å². The lowest BCUT2D eigenvalue weighted by molar-refractivity contribution is 0.0626. The minimum atomic E-state index is 0.0329. The molecular formula is C19H23N3O3. The maximum atomic E-state index is 12.7. The third kappa shape index (κ3) is 3.14. The molecule has 6 heteroatoms. The number of amides is 1. The van der Waals surface area contributed by atoms with Gasteiger partial charge in [-0.3, -0.25) is 9.69 Å². The molecule has 0 atom stereocenters. The summed E-state index contributed by atoms with van der Waals surface area (Å²) in [6.07, 6.45) is 1.00. The molecule has 0 saturated carbocycles. The molecule has 1 fully saturated rings. The highest BCUT2D eigenvalue weighted by Gasteiger charge is 2.26. The van der Waals surface area contributed by atoms with Crippen molar-refractivity contribution in [3.63, 3.8) is 0 Å². The summed E-state index contributed by atoms with van der Waals surface area (Å²) >= 11 is 0. The van der Waals surface area contributed by atoms with Gasteiger partial charge in [-0.15, -0.1) is 0 Å². The number of aromatic nitrogens is 1. The van der Waals surface area contributed by atoms with Gasteiger partial charge >= 0.3 is 0 Å². The molecule has 0 bridgehead atoms. The Kier molecular flexibility index (Phi) is 4.21. The molecular weight excluding hydrogens is 318 g/mol. The predicted octanol–water partition coefficient (Wildman–Crippen LogP) is 2.18. The average molecular weight is 341 g/mol. The standard InChI is InChI=1S/C19H23N3O3/c1-13-18(14(2)25-20-13)19(23)22-8-6-21(7-9-22)12-15-3-4-17-16(11-15)5-10-24-17/h3-4,11H,5-10,12H2,1-2H3. The fourth-order valence-corrected chi connectivity index (χ4v) is 3.65. The Morgan fingerprint density at radius 1 is 1.20 bits per heavy atom. The molecule has 0 N–H and O–H groups in total. The van der Waals surface area contributed by atoms with Crippen molar-refractivity contribution in [3.05, 3.63) is 46.3 Å². The molecule has 132 valence electrons. The van der Waals surface area contributed by atoms with Crippen LogP contribution >= 0.6 is 0 Å². The maximum Gasteiger partial charge on any atom is 0.259 e. The van der Waals surface area contributed by atoms with E-state index >= 15 is 0 Å². The molecule has 1 aromatic heterocycles. The number of nitrogens with zero attached hydrogens (tertiary/aromatic N) is 3. The molecule has 25 heavy (non-hydrogen) atoms. The molecule has 1 saturated heterocycles. The van der Waals surface area contributed by atoms with Crippen molar-refractivity contribution in [2.75, 3.05) is 32.8 Å². The van der Waals surface area contributed by atoms with Gasteiger partial charge in [0.25, 0.3) is 5.91 Å². The molecule has 0 aliphatic carbocycles. The van der Waals surface area contributed by atoms with E-state index in [9.17, 15) is 4.79 Å². The second-order valence-corrected chi connectivity index (χ2v) is 6.81. The molecule has 4 rings (SSSR count). The van der Waals surface area contributed by atoms with Crippen LogP contribution in [-0.4, -0.2) is 53.6 Å². The first-order valence-electron chi connectivity index (χ1n) is 8.81. The molecule has 0 spiro atoms. The lowest BCUT2D eigenvalue weighted by atomic mass is 10.1. The van der Waals surface area contributed by atoms with Crippen LogP contribution in [0.4, 0.5) is 0 Å². The number of carbonyl (C=O) groups excluding carboxylic acids is 1. The Bertz CT molecular complexity index is 772. The molecule has 2 aliphatic rings. The first-order chi connectivity index (χ1) is 12.1. The third-order valence-electron chi connectivity index (χ3n) is 5.07. The van der Waals surface area contributed by atoms with Gasteiger partial charge in [0.1, 0.15) is 17.1 Å². The first kappa shape index (κ1) is 16.1. The summed E-state index contributed by atoms with van der Waals surface area (Å²) in [6.45, 7) is 8.54. The lowest BCUT2D eigenvalue weighted by Crippen LogP contribution is -2.48. The van der Waals surface area contributed by atoms with Gasteiger partial charge in [0.2, 0.25) is 0 Å². The second-order valence-electron chi connectivity index (χ2n) is 6.81. The van der Waals surface area contributed by atoms with E-state index < -0.39 is 0 Å². The summed E-state index contributed by atoms with van der Waals surface area (Å²) in [7, 11) is 0. The summed E-state index contributed by atoms with van der Waals surface area (Å²) in [5.74, 6) is 1.66. The Morgan fingerprint density at radius 2 is 2.00 bits per heavy atom. The average Bonchev–Trinajstić information content (AvgIpc) is 3.21. The molecule has 0 radical (unpaired) electrons. The number of hydrogen-bond donors (Lipinski definition) is 0. The Balaban J connectivity index is 1.36. The Morgan fingerprint density at radius 3 is 2.72 bits per heavy atom. The molecule has 1 aromatic carbocycles. The zero-order valence-electron chi connectivity index (χ0n) is 14.7. The topological polar surface area (TPSA) is 58.8 Å². The SMILES string of the molecule is Cc1noc(C)c1C(=O)N1CCN(Cc2ccc3c(c2)CCO3)CC1. The number of aryl methyl sites for hydroxylation is 2. The highest BCUT2D eigenvalue weighted by molar-refractivity contribution is 5.96. The minimum Gasteiger partial charge on any atom is -0.493 e. The number of benzene rings is 1. The molecule has 0 unspecified atom stereocenters. The van der Waals surface area contributed by atoms with Crippen LogP contribution in [0, 0.1) is 13.8 Å². The van der Waals surface area contributed by atoms with Gasteiger partial charge in [0.05, 0.1) is 12.3 Å². The van der Waals surface area contributed by atoms with Crippen molar-refractivity contribution in [2.45, 2.75) is 26.8 Å². The summed E-state index contributed by atoms with van der Waals surface area (Å²) in [4.78, 5) is 17.0. The van der Waals surface area contributed by atoms with Gasteiger partial charge in [-0.25, -0.2) is 0 Å². The van der Waals surface area contributed by atoms with Gasteiger partial charge in [-0.05, 0) is 31.0 Å². The van der Waals surface area contributed by atoms with Crippen LogP contribution in [0.3, 0.4) is 0 Å². The highest BCUT2D eigenvalue weighted by atomic mass is 16.5. The monoisotopic (exact) mass is 341 g/mol. The first-order valence-corrected chi connectivity index (χ1v) is 8.81. The van der Waals surface area contributed by atoms with Crippen LogP contribution < -0.4 is 4.74 Å².